The summed E-state index contributed by atoms with van der Waals surface area (Å²) in [6.45, 7) is 14.0. The summed E-state index contributed by atoms with van der Waals surface area (Å²) in [4.78, 5) is 0. The maximum absolute atomic E-state index is 8.89. The molecule has 1 heterocycles. The van der Waals surface area contributed by atoms with Crippen molar-refractivity contribution < 1.29 is 0 Å². The summed E-state index contributed by atoms with van der Waals surface area (Å²) in [5.74, 6) is 0. The molecule has 3 heteroatoms. The van der Waals surface area contributed by atoms with Crippen LogP contribution in [0.15, 0.2) is 24.3 Å². The van der Waals surface area contributed by atoms with Gasteiger partial charge in [0.05, 0.1) is 23.0 Å². The van der Waals surface area contributed by atoms with E-state index in [1.807, 2.05) is 66.7 Å². The highest BCUT2D eigenvalue weighted by Crippen LogP contribution is 2.24. The Morgan fingerprint density at radius 1 is 0.905 bits per heavy atom. The molecule has 0 aliphatic carbocycles. The van der Waals surface area contributed by atoms with Crippen molar-refractivity contribution in [1.82, 2.24) is 10.2 Å². The third-order valence-electron chi connectivity index (χ3n) is 3.03. The van der Waals surface area contributed by atoms with Crippen LogP contribution in [0, 0.1) is 32.1 Å². The molecule has 0 spiro atoms. The fourth-order valence-electron chi connectivity index (χ4n) is 1.73. The SMILES string of the molecule is CC.CC.Cc1nnc(-c2cccc(C#N)c2)c(C)c1C. The van der Waals surface area contributed by atoms with Gasteiger partial charge in [-0.1, -0.05) is 39.8 Å². The van der Waals surface area contributed by atoms with Crippen molar-refractivity contribution in [2.75, 3.05) is 0 Å². The molecule has 0 unspecified atom stereocenters. The van der Waals surface area contributed by atoms with E-state index in [4.69, 9.17) is 5.26 Å². The average Bonchev–Trinajstić information content (AvgIpc) is 2.56. The lowest BCUT2D eigenvalue weighted by atomic mass is 10.0. The minimum Gasteiger partial charge on any atom is -0.192 e. The van der Waals surface area contributed by atoms with Gasteiger partial charge in [0.1, 0.15) is 0 Å². The molecule has 1 aromatic heterocycles. The van der Waals surface area contributed by atoms with Crippen molar-refractivity contribution in [3.05, 3.63) is 46.6 Å². The van der Waals surface area contributed by atoms with Crippen LogP contribution in [0.1, 0.15) is 50.1 Å². The largest absolute Gasteiger partial charge is 0.192 e. The molecule has 0 aliphatic heterocycles. The summed E-state index contributed by atoms with van der Waals surface area (Å²) < 4.78 is 0. The quantitative estimate of drug-likeness (QED) is 0.740. The van der Waals surface area contributed by atoms with Crippen LogP contribution in [0.4, 0.5) is 0 Å². The molecule has 0 radical (unpaired) electrons. The van der Waals surface area contributed by atoms with Crippen LogP contribution in [0.2, 0.25) is 0 Å². The predicted molar refractivity (Wildman–Crippen MR) is 89.1 cm³/mol. The van der Waals surface area contributed by atoms with E-state index in [9.17, 15) is 0 Å². The summed E-state index contributed by atoms with van der Waals surface area (Å²) in [5, 5.41) is 17.3. The Hall–Kier alpha value is -2.21. The molecule has 2 rings (SSSR count). The lowest BCUT2D eigenvalue weighted by Crippen LogP contribution is -1.99. The molecule has 0 atom stereocenters. The predicted octanol–water partition coefficient (Wildman–Crippen LogP) is 4.99. The van der Waals surface area contributed by atoms with E-state index in [0.29, 0.717) is 5.56 Å². The number of aromatic nitrogens is 2. The maximum Gasteiger partial charge on any atom is 0.0991 e. The smallest absolute Gasteiger partial charge is 0.0991 e. The third-order valence-corrected chi connectivity index (χ3v) is 3.03. The monoisotopic (exact) mass is 283 g/mol. The molecule has 0 saturated heterocycles. The Bertz CT molecular complexity index is 610. The number of rotatable bonds is 1. The van der Waals surface area contributed by atoms with Gasteiger partial charge < -0.3 is 0 Å². The number of hydrogen-bond donors (Lipinski definition) is 0. The molecule has 0 bridgehead atoms. The van der Waals surface area contributed by atoms with E-state index in [2.05, 4.69) is 16.3 Å². The van der Waals surface area contributed by atoms with Crippen LogP contribution in [0.5, 0.6) is 0 Å². The Morgan fingerprint density at radius 3 is 2.10 bits per heavy atom. The van der Waals surface area contributed by atoms with E-state index in [1.54, 1.807) is 6.07 Å². The Labute approximate surface area is 128 Å². The Kier molecular flexibility index (Phi) is 8.64. The highest BCUT2D eigenvalue weighted by Gasteiger charge is 2.09. The second-order valence-corrected chi connectivity index (χ2v) is 4.08. The molecule has 21 heavy (non-hydrogen) atoms. The van der Waals surface area contributed by atoms with Crippen LogP contribution >= 0.6 is 0 Å². The number of aryl methyl sites for hydroxylation is 1. The van der Waals surface area contributed by atoms with Gasteiger partial charge in [-0.25, -0.2) is 0 Å². The summed E-state index contributed by atoms with van der Waals surface area (Å²) in [5.41, 5.74) is 5.65. The van der Waals surface area contributed by atoms with Crippen LogP contribution in [-0.2, 0) is 0 Å². The zero-order valence-corrected chi connectivity index (χ0v) is 14.2. The number of benzene rings is 1. The molecule has 2 aromatic rings. The van der Waals surface area contributed by atoms with E-state index < -0.39 is 0 Å². The highest BCUT2D eigenvalue weighted by atomic mass is 15.1. The third kappa shape index (κ3) is 4.68. The molecular formula is C18H25N3. The standard InChI is InChI=1S/C14H13N3.2C2H6/c1-9-10(2)14(17-16-11(9)3)13-6-4-5-12(7-13)8-15;2*1-2/h4-7H,1-3H3;2*1-2H3. The van der Waals surface area contributed by atoms with Gasteiger partial charge in [0.15, 0.2) is 0 Å². The molecule has 0 fully saturated rings. The van der Waals surface area contributed by atoms with Crippen LogP contribution in [0.3, 0.4) is 0 Å². The first-order valence-corrected chi connectivity index (χ1v) is 7.44. The fourth-order valence-corrected chi connectivity index (χ4v) is 1.73. The summed E-state index contributed by atoms with van der Waals surface area (Å²) in [6, 6.07) is 9.57. The average molecular weight is 283 g/mol. The summed E-state index contributed by atoms with van der Waals surface area (Å²) >= 11 is 0. The van der Waals surface area contributed by atoms with Gasteiger partial charge in [-0.3, -0.25) is 0 Å². The summed E-state index contributed by atoms with van der Waals surface area (Å²) in [6.07, 6.45) is 0. The number of nitriles is 1. The van der Waals surface area contributed by atoms with E-state index in [-0.39, 0.29) is 0 Å². The molecule has 3 nitrogen and oxygen atoms in total. The highest BCUT2D eigenvalue weighted by molar-refractivity contribution is 5.65. The molecule has 0 N–H and O–H groups in total. The van der Waals surface area contributed by atoms with E-state index in [1.165, 1.54) is 0 Å². The van der Waals surface area contributed by atoms with Crippen LogP contribution in [0.25, 0.3) is 11.3 Å². The van der Waals surface area contributed by atoms with E-state index >= 15 is 0 Å². The maximum atomic E-state index is 8.89. The topological polar surface area (TPSA) is 49.6 Å². The van der Waals surface area contributed by atoms with Gasteiger partial charge in [-0.05, 0) is 44.0 Å². The zero-order chi connectivity index (χ0) is 16.4. The minimum atomic E-state index is 0.641. The van der Waals surface area contributed by atoms with Gasteiger partial charge in [0, 0.05) is 5.56 Å². The lowest BCUT2D eigenvalue weighted by molar-refractivity contribution is 0.951. The van der Waals surface area contributed by atoms with Crippen molar-refractivity contribution in [2.45, 2.75) is 48.5 Å². The van der Waals surface area contributed by atoms with Crippen molar-refractivity contribution >= 4 is 0 Å². The lowest BCUT2D eigenvalue weighted by Gasteiger charge is -2.08. The van der Waals surface area contributed by atoms with E-state index in [0.717, 1.165) is 28.1 Å². The van der Waals surface area contributed by atoms with Gasteiger partial charge >= 0.3 is 0 Å². The van der Waals surface area contributed by atoms with Gasteiger partial charge in [0.25, 0.3) is 0 Å². The second kappa shape index (κ2) is 9.66. The molecule has 0 aliphatic rings. The number of hydrogen-bond acceptors (Lipinski definition) is 3. The second-order valence-electron chi connectivity index (χ2n) is 4.08. The Morgan fingerprint density at radius 2 is 1.52 bits per heavy atom. The number of nitrogens with zero attached hydrogens (tertiary/aromatic N) is 3. The molecule has 0 amide bonds. The van der Waals surface area contributed by atoms with Crippen molar-refractivity contribution in [1.29, 1.82) is 5.26 Å². The van der Waals surface area contributed by atoms with Gasteiger partial charge in [-0.15, -0.1) is 5.10 Å². The first kappa shape index (κ1) is 18.8. The van der Waals surface area contributed by atoms with Crippen LogP contribution in [-0.4, -0.2) is 10.2 Å². The van der Waals surface area contributed by atoms with Crippen LogP contribution < -0.4 is 0 Å². The Balaban J connectivity index is 0.000000921. The minimum absolute atomic E-state index is 0.641. The molecular weight excluding hydrogens is 258 g/mol. The fraction of sp³-hybridized carbons (Fsp3) is 0.389. The zero-order valence-electron chi connectivity index (χ0n) is 14.2. The summed E-state index contributed by atoms with van der Waals surface area (Å²) in [7, 11) is 0. The first-order chi connectivity index (χ1) is 10.1. The van der Waals surface area contributed by atoms with Gasteiger partial charge in [-0.2, -0.15) is 10.4 Å². The van der Waals surface area contributed by atoms with Crippen molar-refractivity contribution in [3.8, 4) is 17.3 Å². The van der Waals surface area contributed by atoms with Crippen molar-refractivity contribution in [2.24, 2.45) is 0 Å². The first-order valence-electron chi connectivity index (χ1n) is 7.44. The normalized spacial score (nSPS) is 8.67. The van der Waals surface area contributed by atoms with Crippen molar-refractivity contribution in [3.63, 3.8) is 0 Å². The molecule has 0 saturated carbocycles. The molecule has 1 aromatic carbocycles. The molecule has 112 valence electrons. The van der Waals surface area contributed by atoms with Gasteiger partial charge in [0.2, 0.25) is 0 Å².